The molecule has 2 atom stereocenters. The maximum atomic E-state index is 13.3. The molecule has 0 bridgehead atoms. The number of carbonyl (C=O) groups is 1. The maximum Gasteiger partial charge on any atom is 0.251 e. The van der Waals surface area contributed by atoms with Gasteiger partial charge in [0, 0.05) is 17.5 Å². The first kappa shape index (κ1) is 16.7. The van der Waals surface area contributed by atoms with Gasteiger partial charge in [0.2, 0.25) is 5.78 Å². The molecule has 0 N–H and O–H groups in total. The third-order valence-electron chi connectivity index (χ3n) is 5.16. The van der Waals surface area contributed by atoms with Gasteiger partial charge in [-0.1, -0.05) is 48.5 Å². The molecule has 138 valence electrons. The molecule has 0 amide bonds. The predicted molar refractivity (Wildman–Crippen MR) is 104 cm³/mol. The zero-order valence-corrected chi connectivity index (χ0v) is 15.0. The van der Waals surface area contributed by atoms with Crippen LogP contribution in [0.25, 0.3) is 0 Å². The first-order valence-corrected chi connectivity index (χ1v) is 9.17. The minimum Gasteiger partial charge on any atom is -0.461 e. The van der Waals surface area contributed by atoms with Crippen molar-refractivity contribution >= 4 is 11.5 Å². The van der Waals surface area contributed by atoms with Gasteiger partial charge in [0.1, 0.15) is 11.6 Å². The van der Waals surface area contributed by atoms with Crippen molar-refractivity contribution in [2.75, 3.05) is 0 Å². The molecule has 4 nitrogen and oxygen atoms in total. The number of hydrogen-bond donors (Lipinski definition) is 0. The molecule has 2 heterocycles. The Hall–Kier alpha value is -3.47. The lowest BCUT2D eigenvalue weighted by Gasteiger charge is -2.37. The number of para-hydroxylation sites is 1. The molecule has 2 aliphatic heterocycles. The van der Waals surface area contributed by atoms with E-state index in [0.717, 1.165) is 16.8 Å². The number of ketones is 1. The van der Waals surface area contributed by atoms with Crippen LogP contribution in [0.15, 0.2) is 84.0 Å². The largest absolute Gasteiger partial charge is 0.461 e. The number of Topliss-reactive ketones (excluding diaryl/α,β-unsaturated/α-hetero) is 1. The van der Waals surface area contributed by atoms with Gasteiger partial charge >= 0.3 is 0 Å². The van der Waals surface area contributed by atoms with Gasteiger partial charge in [0.15, 0.2) is 0 Å². The zero-order valence-electron chi connectivity index (χ0n) is 15.0. The molecule has 5 rings (SSSR count). The van der Waals surface area contributed by atoms with Crippen LogP contribution in [-0.2, 0) is 0 Å². The molecular formula is C23H17FN2O2. The van der Waals surface area contributed by atoms with E-state index in [-0.39, 0.29) is 17.6 Å². The summed E-state index contributed by atoms with van der Waals surface area (Å²) >= 11 is 0. The predicted octanol–water partition coefficient (Wildman–Crippen LogP) is 4.58. The van der Waals surface area contributed by atoms with E-state index in [4.69, 9.17) is 9.84 Å². The highest BCUT2D eigenvalue weighted by molar-refractivity contribution is 6.03. The van der Waals surface area contributed by atoms with Gasteiger partial charge in [-0.2, -0.15) is 5.10 Å². The minimum atomic E-state index is -0.883. The van der Waals surface area contributed by atoms with Crippen molar-refractivity contribution in [1.29, 1.82) is 0 Å². The lowest BCUT2D eigenvalue weighted by atomic mass is 9.96. The molecule has 0 aromatic heterocycles. The Bertz CT molecular complexity index is 1060. The number of hydrazone groups is 1. The average molecular weight is 372 g/mol. The maximum absolute atomic E-state index is 13.3. The van der Waals surface area contributed by atoms with Crippen molar-refractivity contribution < 1.29 is 13.9 Å². The first-order chi connectivity index (χ1) is 13.7. The number of carbonyl (C=O) groups excluding carboxylic acids is 1. The molecule has 0 fully saturated rings. The Labute approximate surface area is 161 Å². The molecule has 0 radical (unpaired) electrons. The summed E-state index contributed by atoms with van der Waals surface area (Å²) in [5.74, 6) is 0.0705. The average Bonchev–Trinajstić information content (AvgIpc) is 3.20. The lowest BCUT2D eigenvalue weighted by molar-refractivity contribution is -0.00456. The molecule has 28 heavy (non-hydrogen) atoms. The third kappa shape index (κ3) is 2.76. The Kier molecular flexibility index (Phi) is 3.93. The van der Waals surface area contributed by atoms with Crippen molar-refractivity contribution in [3.63, 3.8) is 0 Å². The number of ether oxygens (including phenoxy) is 1. The topological polar surface area (TPSA) is 41.9 Å². The molecule has 0 aliphatic carbocycles. The van der Waals surface area contributed by atoms with E-state index < -0.39 is 6.23 Å². The number of fused-ring (bicyclic) bond motifs is 3. The van der Waals surface area contributed by atoms with Crippen LogP contribution in [0.5, 0.6) is 5.75 Å². The van der Waals surface area contributed by atoms with Crippen LogP contribution >= 0.6 is 0 Å². The van der Waals surface area contributed by atoms with E-state index in [1.54, 1.807) is 5.01 Å². The summed E-state index contributed by atoms with van der Waals surface area (Å²) < 4.78 is 19.3. The van der Waals surface area contributed by atoms with Crippen LogP contribution < -0.4 is 4.74 Å². The van der Waals surface area contributed by atoms with Crippen LogP contribution in [0.3, 0.4) is 0 Å². The quantitative estimate of drug-likeness (QED) is 0.632. The SMILES string of the molecule is O=C(c1ccc(F)cc1)[C@H]1Oc2ccccc2[C@H]2CC(c3ccccc3)=NN12. The second-order valence-corrected chi connectivity index (χ2v) is 6.89. The van der Waals surface area contributed by atoms with Gasteiger partial charge < -0.3 is 4.74 Å². The van der Waals surface area contributed by atoms with Crippen molar-refractivity contribution in [1.82, 2.24) is 5.01 Å². The smallest absolute Gasteiger partial charge is 0.251 e. The summed E-state index contributed by atoms with van der Waals surface area (Å²) in [5, 5.41) is 6.50. The fourth-order valence-electron chi connectivity index (χ4n) is 3.77. The van der Waals surface area contributed by atoms with Crippen molar-refractivity contribution in [3.05, 3.63) is 101 Å². The summed E-state index contributed by atoms with van der Waals surface area (Å²) in [6, 6.07) is 23.1. The third-order valence-corrected chi connectivity index (χ3v) is 5.16. The van der Waals surface area contributed by atoms with Crippen LogP contribution in [0.2, 0.25) is 0 Å². The van der Waals surface area contributed by atoms with Crippen molar-refractivity contribution in [2.24, 2.45) is 5.10 Å². The van der Waals surface area contributed by atoms with E-state index in [1.165, 1.54) is 24.3 Å². The molecule has 0 spiro atoms. The van der Waals surface area contributed by atoms with Crippen LogP contribution in [0.1, 0.15) is 33.9 Å². The van der Waals surface area contributed by atoms with Crippen molar-refractivity contribution in [2.45, 2.75) is 18.7 Å². The summed E-state index contributed by atoms with van der Waals surface area (Å²) in [4.78, 5) is 13.1. The second-order valence-electron chi connectivity index (χ2n) is 6.89. The van der Waals surface area contributed by atoms with E-state index in [9.17, 15) is 9.18 Å². The number of benzene rings is 3. The van der Waals surface area contributed by atoms with Gasteiger partial charge in [0.05, 0.1) is 11.8 Å². The molecule has 0 saturated carbocycles. The zero-order chi connectivity index (χ0) is 19.1. The second kappa shape index (κ2) is 6.60. The Morgan fingerprint density at radius 3 is 2.46 bits per heavy atom. The lowest BCUT2D eigenvalue weighted by Crippen LogP contribution is -2.45. The van der Waals surface area contributed by atoms with Gasteiger partial charge in [-0.3, -0.25) is 4.79 Å². The summed E-state index contributed by atoms with van der Waals surface area (Å²) in [7, 11) is 0. The normalized spacial score (nSPS) is 20.0. The Balaban J connectivity index is 1.56. The molecule has 3 aromatic rings. The van der Waals surface area contributed by atoms with Gasteiger partial charge in [-0.05, 0) is 35.9 Å². The van der Waals surface area contributed by atoms with E-state index in [2.05, 4.69) is 0 Å². The summed E-state index contributed by atoms with van der Waals surface area (Å²) in [6.07, 6.45) is -0.191. The Morgan fingerprint density at radius 1 is 0.964 bits per heavy atom. The highest BCUT2D eigenvalue weighted by Crippen LogP contribution is 2.43. The monoisotopic (exact) mass is 372 g/mol. The van der Waals surface area contributed by atoms with E-state index in [1.807, 2.05) is 54.6 Å². The molecule has 2 aliphatic rings. The van der Waals surface area contributed by atoms with Crippen LogP contribution in [-0.4, -0.2) is 22.7 Å². The van der Waals surface area contributed by atoms with Gasteiger partial charge in [-0.15, -0.1) is 0 Å². The van der Waals surface area contributed by atoms with E-state index >= 15 is 0 Å². The number of rotatable bonds is 3. The summed E-state index contributed by atoms with van der Waals surface area (Å²) in [6.45, 7) is 0. The molecule has 0 saturated heterocycles. The van der Waals surface area contributed by atoms with Crippen LogP contribution in [0.4, 0.5) is 4.39 Å². The molecule has 0 unspecified atom stereocenters. The van der Waals surface area contributed by atoms with Gasteiger partial charge in [-0.25, -0.2) is 9.40 Å². The van der Waals surface area contributed by atoms with E-state index in [0.29, 0.717) is 17.7 Å². The Morgan fingerprint density at radius 2 is 1.68 bits per heavy atom. The highest BCUT2D eigenvalue weighted by Gasteiger charge is 2.43. The van der Waals surface area contributed by atoms with Gasteiger partial charge in [0.25, 0.3) is 6.23 Å². The fourth-order valence-corrected chi connectivity index (χ4v) is 3.77. The van der Waals surface area contributed by atoms with Crippen LogP contribution in [0, 0.1) is 5.82 Å². The fraction of sp³-hybridized carbons (Fsp3) is 0.130. The molecular weight excluding hydrogens is 355 g/mol. The highest BCUT2D eigenvalue weighted by atomic mass is 19.1. The summed E-state index contributed by atoms with van der Waals surface area (Å²) in [5.41, 5.74) is 3.36. The van der Waals surface area contributed by atoms with Crippen molar-refractivity contribution in [3.8, 4) is 5.75 Å². The standard InChI is InChI=1S/C23H17FN2O2/c24-17-12-10-16(11-13-17)22(27)23-26-20(18-8-4-5-9-21(18)28-23)14-19(25-26)15-6-2-1-3-7-15/h1-13,20,23H,14H2/t20-,23-/m1/s1. The number of nitrogens with zero attached hydrogens (tertiary/aromatic N) is 2. The number of hydrogen-bond acceptors (Lipinski definition) is 4. The molecule has 5 heteroatoms. The number of halogens is 1. The molecule has 3 aromatic carbocycles. The first-order valence-electron chi connectivity index (χ1n) is 9.17. The minimum absolute atomic E-state index is 0.0745.